The van der Waals surface area contributed by atoms with Gasteiger partial charge >= 0.3 is 12.3 Å². The predicted molar refractivity (Wildman–Crippen MR) is 85.2 cm³/mol. The number of alkyl halides is 3. The molecule has 0 heterocycles. The molecule has 7 nitrogen and oxygen atoms in total. The summed E-state index contributed by atoms with van der Waals surface area (Å²) in [6, 6.07) is 3.47. The molecule has 0 aliphatic heterocycles. The van der Waals surface area contributed by atoms with Crippen molar-refractivity contribution in [1.82, 2.24) is 5.32 Å². The molecular weight excluding hydrogens is 379 g/mol. The van der Waals surface area contributed by atoms with E-state index in [0.29, 0.717) is 0 Å². The predicted octanol–water partition coefficient (Wildman–Crippen LogP) is 2.04. The Hall–Kier alpha value is -2.30. The van der Waals surface area contributed by atoms with Gasteiger partial charge in [0, 0.05) is 12.7 Å². The zero-order valence-electron chi connectivity index (χ0n) is 13.7. The summed E-state index contributed by atoms with van der Waals surface area (Å²) in [5.74, 6) is -2.44. The second kappa shape index (κ2) is 8.88. The Balaban J connectivity index is 2.77. The highest BCUT2D eigenvalue weighted by Crippen LogP contribution is 2.25. The van der Waals surface area contributed by atoms with Gasteiger partial charge in [-0.3, -0.25) is 9.59 Å². The summed E-state index contributed by atoms with van der Waals surface area (Å²) < 4.78 is 62.2. The number of carboxylic acid groups (broad SMARTS) is 1. The molecule has 0 spiro atoms. The minimum atomic E-state index is -4.85. The Morgan fingerprint density at radius 1 is 1.23 bits per heavy atom. The van der Waals surface area contributed by atoms with Gasteiger partial charge in [0.2, 0.25) is 5.91 Å². The van der Waals surface area contributed by atoms with Crippen molar-refractivity contribution in [2.24, 2.45) is 0 Å². The maximum Gasteiger partial charge on any atom is 0.573 e. The van der Waals surface area contributed by atoms with Crippen LogP contribution < -0.4 is 10.1 Å². The van der Waals surface area contributed by atoms with Gasteiger partial charge in [-0.05, 0) is 24.1 Å². The Kier molecular flexibility index (Phi) is 7.42. The van der Waals surface area contributed by atoms with E-state index in [-0.39, 0.29) is 24.2 Å². The van der Waals surface area contributed by atoms with Crippen LogP contribution in [0, 0.1) is 0 Å². The van der Waals surface area contributed by atoms with Crippen LogP contribution in [0.2, 0.25) is 0 Å². The minimum absolute atomic E-state index is 0.0722. The lowest BCUT2D eigenvalue weighted by molar-refractivity contribution is -0.274. The van der Waals surface area contributed by atoms with Crippen LogP contribution >= 0.6 is 0 Å². The summed E-state index contributed by atoms with van der Waals surface area (Å²) in [7, 11) is -3.22. The third kappa shape index (κ3) is 9.25. The van der Waals surface area contributed by atoms with Gasteiger partial charge in [0.25, 0.3) is 0 Å². The van der Waals surface area contributed by atoms with Crippen LogP contribution in [-0.2, 0) is 19.4 Å². The Morgan fingerprint density at radius 3 is 2.27 bits per heavy atom. The van der Waals surface area contributed by atoms with Crippen LogP contribution in [0.1, 0.15) is 30.9 Å². The van der Waals surface area contributed by atoms with E-state index in [1.807, 2.05) is 0 Å². The van der Waals surface area contributed by atoms with Crippen LogP contribution in [0.5, 0.6) is 5.75 Å². The van der Waals surface area contributed by atoms with Crippen molar-refractivity contribution < 1.29 is 41.0 Å². The van der Waals surface area contributed by atoms with E-state index < -0.39 is 46.3 Å². The van der Waals surface area contributed by atoms with Crippen molar-refractivity contribution in [3.8, 4) is 5.75 Å². The van der Waals surface area contributed by atoms with Crippen molar-refractivity contribution >= 4 is 21.7 Å². The van der Waals surface area contributed by atoms with Crippen LogP contribution in [-0.4, -0.2) is 43.8 Å². The second-order valence-electron chi connectivity index (χ2n) is 5.57. The molecule has 0 fully saturated rings. The number of ether oxygens (including phenoxy) is 1. The fourth-order valence-corrected chi connectivity index (χ4v) is 2.76. The van der Waals surface area contributed by atoms with E-state index in [9.17, 15) is 31.2 Å². The number of aliphatic carboxylic acids is 1. The minimum Gasteiger partial charge on any atom is -0.481 e. The molecule has 0 aliphatic rings. The smallest absolute Gasteiger partial charge is 0.481 e. The molecule has 1 unspecified atom stereocenters. The van der Waals surface area contributed by atoms with Gasteiger partial charge < -0.3 is 15.2 Å². The standard InChI is InChI=1S/C15H18F3NO6S/c1-26(23,24)8-2-3-13(20)19-12(9-14(21)22)10-4-6-11(7-5-10)25-15(16,17)18/h4-7,12H,2-3,8-9H2,1H3,(H,19,20)(H,21,22). The number of nitrogens with one attached hydrogen (secondary N) is 1. The lowest BCUT2D eigenvalue weighted by Crippen LogP contribution is -2.30. The van der Waals surface area contributed by atoms with Gasteiger partial charge in [-0.25, -0.2) is 8.42 Å². The van der Waals surface area contributed by atoms with Crippen LogP contribution in [0.3, 0.4) is 0 Å². The first-order valence-electron chi connectivity index (χ1n) is 7.40. The van der Waals surface area contributed by atoms with Gasteiger partial charge in [-0.15, -0.1) is 13.2 Å². The highest BCUT2D eigenvalue weighted by atomic mass is 32.2. The molecule has 1 aromatic carbocycles. The molecule has 1 atom stereocenters. The number of amides is 1. The number of sulfone groups is 1. The molecule has 1 rings (SSSR count). The third-order valence-electron chi connectivity index (χ3n) is 3.15. The quantitative estimate of drug-likeness (QED) is 0.660. The van der Waals surface area contributed by atoms with Crippen molar-refractivity contribution in [3.63, 3.8) is 0 Å². The van der Waals surface area contributed by atoms with E-state index in [0.717, 1.165) is 18.4 Å². The zero-order valence-corrected chi connectivity index (χ0v) is 14.6. The lowest BCUT2D eigenvalue weighted by atomic mass is 10.0. The Labute approximate surface area is 148 Å². The molecule has 0 saturated heterocycles. The molecule has 2 N–H and O–H groups in total. The van der Waals surface area contributed by atoms with Crippen molar-refractivity contribution in [2.75, 3.05) is 12.0 Å². The van der Waals surface area contributed by atoms with E-state index in [1.165, 1.54) is 12.1 Å². The summed E-state index contributed by atoms with van der Waals surface area (Å²) in [4.78, 5) is 22.8. The average Bonchev–Trinajstić information content (AvgIpc) is 2.43. The number of benzene rings is 1. The van der Waals surface area contributed by atoms with E-state index in [4.69, 9.17) is 5.11 Å². The molecular formula is C15H18F3NO6S. The summed E-state index contributed by atoms with van der Waals surface area (Å²) >= 11 is 0. The molecule has 11 heteroatoms. The van der Waals surface area contributed by atoms with Crippen molar-refractivity contribution in [1.29, 1.82) is 0 Å². The van der Waals surface area contributed by atoms with Gasteiger partial charge in [-0.1, -0.05) is 12.1 Å². The number of rotatable bonds is 9. The van der Waals surface area contributed by atoms with E-state index in [1.54, 1.807) is 0 Å². The lowest BCUT2D eigenvalue weighted by Gasteiger charge is -2.18. The number of carbonyl (C=O) groups excluding carboxylic acids is 1. The third-order valence-corrected chi connectivity index (χ3v) is 4.18. The van der Waals surface area contributed by atoms with Crippen molar-refractivity contribution in [3.05, 3.63) is 29.8 Å². The van der Waals surface area contributed by atoms with Gasteiger partial charge in [0.05, 0.1) is 18.2 Å². The first-order chi connectivity index (χ1) is 11.9. The number of carboxylic acids is 1. The number of hydrogen-bond acceptors (Lipinski definition) is 5. The summed E-state index contributed by atoms with van der Waals surface area (Å²) in [5.41, 5.74) is 0.276. The maximum absolute atomic E-state index is 12.1. The molecule has 0 bridgehead atoms. The molecule has 0 aliphatic carbocycles. The first-order valence-corrected chi connectivity index (χ1v) is 9.46. The largest absolute Gasteiger partial charge is 0.573 e. The molecule has 0 aromatic heterocycles. The van der Waals surface area contributed by atoms with E-state index in [2.05, 4.69) is 10.1 Å². The highest BCUT2D eigenvalue weighted by Gasteiger charge is 2.31. The number of halogens is 3. The number of carbonyl (C=O) groups is 2. The molecule has 1 amide bonds. The fraction of sp³-hybridized carbons (Fsp3) is 0.467. The summed E-state index contributed by atoms with van der Waals surface area (Å²) in [5, 5.41) is 11.4. The second-order valence-corrected chi connectivity index (χ2v) is 7.83. The van der Waals surface area contributed by atoms with Gasteiger partial charge in [-0.2, -0.15) is 0 Å². The molecule has 0 radical (unpaired) electrons. The van der Waals surface area contributed by atoms with Crippen LogP contribution in [0.4, 0.5) is 13.2 Å². The monoisotopic (exact) mass is 397 g/mol. The average molecular weight is 397 g/mol. The summed E-state index contributed by atoms with van der Waals surface area (Å²) in [6.45, 7) is 0. The topological polar surface area (TPSA) is 110 Å². The maximum atomic E-state index is 12.1. The van der Waals surface area contributed by atoms with E-state index >= 15 is 0 Å². The molecule has 26 heavy (non-hydrogen) atoms. The van der Waals surface area contributed by atoms with Crippen LogP contribution in [0.15, 0.2) is 24.3 Å². The SMILES string of the molecule is CS(=O)(=O)CCCC(=O)NC(CC(=O)O)c1ccc(OC(F)(F)F)cc1. The zero-order chi connectivity index (χ0) is 20.0. The summed E-state index contributed by atoms with van der Waals surface area (Å²) in [6.07, 6.45) is -4.36. The molecule has 0 saturated carbocycles. The number of hydrogen-bond donors (Lipinski definition) is 2. The normalized spacial score (nSPS) is 13.1. The van der Waals surface area contributed by atoms with Gasteiger partial charge in [0.1, 0.15) is 15.6 Å². The first kappa shape index (κ1) is 21.7. The van der Waals surface area contributed by atoms with Gasteiger partial charge in [0.15, 0.2) is 0 Å². The Morgan fingerprint density at radius 2 is 1.81 bits per heavy atom. The molecule has 1 aromatic rings. The Bertz CT molecular complexity index is 731. The van der Waals surface area contributed by atoms with Crippen molar-refractivity contribution in [2.45, 2.75) is 31.7 Å². The molecule has 146 valence electrons. The highest BCUT2D eigenvalue weighted by molar-refractivity contribution is 7.90. The van der Waals surface area contributed by atoms with Crippen LogP contribution in [0.25, 0.3) is 0 Å². The fourth-order valence-electron chi connectivity index (χ4n) is 2.09.